The summed E-state index contributed by atoms with van der Waals surface area (Å²) in [5.74, 6) is -1.30. The van der Waals surface area contributed by atoms with E-state index in [-0.39, 0.29) is 18.7 Å². The predicted molar refractivity (Wildman–Crippen MR) is 62.6 cm³/mol. The number of rotatable bonds is 4. The molecule has 1 unspecified atom stereocenters. The Kier molecular flexibility index (Phi) is 4.44. The third-order valence-corrected chi connectivity index (χ3v) is 3.05. The van der Waals surface area contributed by atoms with Gasteiger partial charge in [-0.2, -0.15) is 0 Å². The van der Waals surface area contributed by atoms with E-state index in [1.54, 1.807) is 19.1 Å². The largest absolute Gasteiger partial charge is 0.481 e. The molecule has 0 aliphatic rings. The van der Waals surface area contributed by atoms with E-state index in [0.717, 1.165) is 0 Å². The monoisotopic (exact) mass is 289 g/mol. The molecule has 3 N–H and O–H groups in total. The van der Waals surface area contributed by atoms with Gasteiger partial charge in [-0.3, -0.25) is 4.79 Å². The molecule has 1 aromatic carbocycles. The first-order valence-electron chi connectivity index (χ1n) is 4.85. The minimum atomic E-state index is -0.931. The maximum atomic E-state index is 13.8. The van der Waals surface area contributed by atoms with Crippen molar-refractivity contribution >= 4 is 21.9 Å². The van der Waals surface area contributed by atoms with Gasteiger partial charge >= 0.3 is 5.97 Å². The fourth-order valence-corrected chi connectivity index (χ4v) is 2.04. The minimum Gasteiger partial charge on any atom is -0.481 e. The predicted octanol–water partition coefficient (Wildman–Crippen LogP) is 2.76. The first kappa shape index (κ1) is 13.1. The van der Waals surface area contributed by atoms with Crippen LogP contribution in [-0.2, 0) is 4.79 Å². The number of halogens is 2. The Morgan fingerprint density at radius 3 is 2.81 bits per heavy atom. The summed E-state index contributed by atoms with van der Waals surface area (Å²) in [6.45, 7) is 1.65. The Bertz CT molecular complexity index is 409. The van der Waals surface area contributed by atoms with Gasteiger partial charge in [-0.1, -0.05) is 22.0 Å². The number of carboxylic acid groups (broad SMARTS) is 1. The molecule has 0 aromatic heterocycles. The summed E-state index contributed by atoms with van der Waals surface area (Å²) in [6.07, 6.45) is 0.148. The van der Waals surface area contributed by atoms with E-state index < -0.39 is 12.0 Å². The summed E-state index contributed by atoms with van der Waals surface area (Å²) in [7, 11) is 0. The average molecular weight is 290 g/mol. The molecule has 1 atom stereocenters. The van der Waals surface area contributed by atoms with Crippen LogP contribution >= 0.6 is 15.9 Å². The van der Waals surface area contributed by atoms with Crippen molar-refractivity contribution in [2.24, 2.45) is 5.73 Å². The van der Waals surface area contributed by atoms with Gasteiger partial charge in [0.25, 0.3) is 0 Å². The van der Waals surface area contributed by atoms with Gasteiger partial charge in [0.1, 0.15) is 5.82 Å². The molecule has 0 fully saturated rings. The van der Waals surface area contributed by atoms with Gasteiger partial charge in [0, 0.05) is 22.5 Å². The Morgan fingerprint density at radius 2 is 2.25 bits per heavy atom. The second-order valence-corrected chi connectivity index (χ2v) is 4.49. The summed E-state index contributed by atoms with van der Waals surface area (Å²) in [6, 6.07) is 2.76. The molecule has 5 heteroatoms. The number of carboxylic acids is 1. The Morgan fingerprint density at radius 1 is 1.62 bits per heavy atom. The van der Waals surface area contributed by atoms with Crippen LogP contribution in [0, 0.1) is 12.7 Å². The molecule has 0 spiro atoms. The highest BCUT2D eigenvalue weighted by Crippen LogP contribution is 2.29. The van der Waals surface area contributed by atoms with Crippen molar-refractivity contribution < 1.29 is 14.3 Å². The lowest BCUT2D eigenvalue weighted by Gasteiger charge is -2.15. The van der Waals surface area contributed by atoms with Crippen LogP contribution in [-0.4, -0.2) is 11.1 Å². The number of aliphatic carboxylic acids is 1. The summed E-state index contributed by atoms with van der Waals surface area (Å²) < 4.78 is 14.4. The Labute approximate surface area is 102 Å². The Hall–Kier alpha value is -0.940. The standard InChI is InChI=1S/C11H13BrFNO2/c1-6-2-3-7(12)10(11(6)13)8(14)4-5-9(15)16/h2-3,8H,4-5,14H2,1H3,(H,15,16). The normalized spacial score (nSPS) is 12.5. The highest BCUT2D eigenvalue weighted by Gasteiger charge is 2.17. The fourth-order valence-electron chi connectivity index (χ4n) is 1.44. The van der Waals surface area contributed by atoms with Crippen LogP contribution in [0.4, 0.5) is 4.39 Å². The smallest absolute Gasteiger partial charge is 0.303 e. The molecule has 1 rings (SSSR count). The zero-order chi connectivity index (χ0) is 12.3. The van der Waals surface area contributed by atoms with Gasteiger partial charge in [0.05, 0.1) is 0 Å². The Balaban J connectivity index is 2.94. The molecule has 0 heterocycles. The lowest BCUT2D eigenvalue weighted by atomic mass is 10.0. The van der Waals surface area contributed by atoms with Crippen LogP contribution in [0.15, 0.2) is 16.6 Å². The number of nitrogens with two attached hydrogens (primary N) is 1. The number of benzene rings is 1. The van der Waals surface area contributed by atoms with E-state index in [2.05, 4.69) is 15.9 Å². The van der Waals surface area contributed by atoms with Gasteiger partial charge in [-0.25, -0.2) is 4.39 Å². The van der Waals surface area contributed by atoms with Crippen molar-refractivity contribution in [1.82, 2.24) is 0 Å². The first-order valence-corrected chi connectivity index (χ1v) is 5.64. The average Bonchev–Trinajstić information content (AvgIpc) is 2.21. The fraction of sp³-hybridized carbons (Fsp3) is 0.364. The van der Waals surface area contributed by atoms with Crippen LogP contribution in [0.1, 0.15) is 30.0 Å². The van der Waals surface area contributed by atoms with Gasteiger partial charge in [-0.05, 0) is 25.0 Å². The maximum Gasteiger partial charge on any atom is 0.303 e. The minimum absolute atomic E-state index is 0.0685. The summed E-state index contributed by atoms with van der Waals surface area (Å²) >= 11 is 3.22. The number of hydrogen-bond acceptors (Lipinski definition) is 2. The molecule has 0 radical (unpaired) electrons. The quantitative estimate of drug-likeness (QED) is 0.896. The number of carbonyl (C=O) groups is 1. The van der Waals surface area contributed by atoms with E-state index in [0.29, 0.717) is 15.6 Å². The number of hydrogen-bond donors (Lipinski definition) is 2. The lowest BCUT2D eigenvalue weighted by molar-refractivity contribution is -0.137. The molecule has 0 aliphatic heterocycles. The molecule has 88 valence electrons. The molecule has 0 bridgehead atoms. The molecule has 1 aromatic rings. The van der Waals surface area contributed by atoms with Crippen molar-refractivity contribution in [3.05, 3.63) is 33.5 Å². The highest BCUT2D eigenvalue weighted by molar-refractivity contribution is 9.10. The second kappa shape index (κ2) is 5.41. The van der Waals surface area contributed by atoms with E-state index >= 15 is 0 Å². The summed E-state index contributed by atoms with van der Waals surface area (Å²) in [4.78, 5) is 10.4. The SMILES string of the molecule is Cc1ccc(Br)c(C(N)CCC(=O)O)c1F. The molecule has 3 nitrogen and oxygen atoms in total. The van der Waals surface area contributed by atoms with Crippen molar-refractivity contribution in [1.29, 1.82) is 0 Å². The third kappa shape index (κ3) is 3.02. The molecule has 0 saturated carbocycles. The molecule has 16 heavy (non-hydrogen) atoms. The van der Waals surface area contributed by atoms with Gasteiger partial charge < -0.3 is 10.8 Å². The van der Waals surface area contributed by atoms with Crippen LogP contribution < -0.4 is 5.73 Å². The van der Waals surface area contributed by atoms with E-state index in [4.69, 9.17) is 10.8 Å². The van der Waals surface area contributed by atoms with Gasteiger partial charge in [-0.15, -0.1) is 0 Å². The third-order valence-electron chi connectivity index (χ3n) is 2.36. The van der Waals surface area contributed by atoms with Crippen molar-refractivity contribution in [3.63, 3.8) is 0 Å². The number of aryl methyl sites for hydroxylation is 1. The lowest BCUT2D eigenvalue weighted by Crippen LogP contribution is -2.15. The second-order valence-electron chi connectivity index (χ2n) is 3.63. The first-order chi connectivity index (χ1) is 7.43. The van der Waals surface area contributed by atoms with Crippen LogP contribution in [0.3, 0.4) is 0 Å². The zero-order valence-electron chi connectivity index (χ0n) is 8.84. The van der Waals surface area contributed by atoms with Crippen LogP contribution in [0.2, 0.25) is 0 Å². The van der Waals surface area contributed by atoms with Gasteiger partial charge in [0.2, 0.25) is 0 Å². The topological polar surface area (TPSA) is 63.3 Å². The van der Waals surface area contributed by atoms with Gasteiger partial charge in [0.15, 0.2) is 0 Å². The van der Waals surface area contributed by atoms with Crippen molar-refractivity contribution in [2.45, 2.75) is 25.8 Å². The van der Waals surface area contributed by atoms with E-state index in [1.165, 1.54) is 0 Å². The molecular formula is C11H13BrFNO2. The summed E-state index contributed by atoms with van der Waals surface area (Å²) in [5, 5.41) is 8.54. The van der Waals surface area contributed by atoms with Crippen molar-refractivity contribution in [3.8, 4) is 0 Å². The summed E-state index contributed by atoms with van der Waals surface area (Å²) in [5.41, 5.74) is 6.63. The van der Waals surface area contributed by atoms with E-state index in [9.17, 15) is 9.18 Å². The molecule has 0 saturated heterocycles. The molecular weight excluding hydrogens is 277 g/mol. The van der Waals surface area contributed by atoms with Crippen LogP contribution in [0.5, 0.6) is 0 Å². The highest BCUT2D eigenvalue weighted by atomic mass is 79.9. The maximum absolute atomic E-state index is 13.8. The van der Waals surface area contributed by atoms with E-state index in [1.807, 2.05) is 0 Å². The van der Waals surface area contributed by atoms with Crippen molar-refractivity contribution in [2.75, 3.05) is 0 Å². The van der Waals surface area contributed by atoms with Crippen LogP contribution in [0.25, 0.3) is 0 Å². The zero-order valence-corrected chi connectivity index (χ0v) is 10.4. The molecule has 0 aliphatic carbocycles. The molecule has 0 amide bonds.